The fourth-order valence-corrected chi connectivity index (χ4v) is 14.4. The van der Waals surface area contributed by atoms with Crippen molar-refractivity contribution in [1.82, 2.24) is 72.7 Å². The number of fused-ring (bicyclic) bond motifs is 5. The maximum absolute atomic E-state index is 15.2. The summed E-state index contributed by atoms with van der Waals surface area (Å²) in [6.07, 6.45) is 4.35. The van der Waals surface area contributed by atoms with E-state index in [1.165, 1.54) is 115 Å². The molecule has 33 heteroatoms. The molecular weight excluding hydrogens is 1400 g/mol. The zero-order valence-corrected chi connectivity index (χ0v) is 59.3. The molecule has 0 spiro atoms. The number of phenols is 1. The highest BCUT2D eigenvalue weighted by Crippen LogP contribution is 2.32. The van der Waals surface area contributed by atoms with Gasteiger partial charge in [-0.2, -0.15) is 23.5 Å². The number of benzene rings is 4. The molecule has 16 N–H and O–H groups in total. The summed E-state index contributed by atoms with van der Waals surface area (Å²) in [4.78, 5) is 184. The molecule has 1 fully saturated rings. The van der Waals surface area contributed by atoms with Crippen LogP contribution in [-0.4, -0.2) is 185 Å². The lowest BCUT2D eigenvalue weighted by molar-refractivity contribution is -0.147. The van der Waals surface area contributed by atoms with Crippen LogP contribution in [0.2, 0.25) is 0 Å². The number of primary amides is 1. The molecule has 29 nitrogen and oxygen atoms in total. The number of unbranched alkanes of at least 4 members (excludes halogenated alkanes) is 1. The monoisotopic (exact) mass is 1490 g/mol. The Kier molecular flexibility index (Phi) is 27.6. The normalized spacial score (nSPS) is 22.2. The lowest BCUT2D eigenvalue weighted by atomic mass is 9.95. The van der Waals surface area contributed by atoms with Crippen LogP contribution in [0.1, 0.15) is 98.7 Å². The lowest BCUT2D eigenvalue weighted by Crippen LogP contribution is -2.63. The first-order chi connectivity index (χ1) is 50.3. The molecule has 105 heavy (non-hydrogen) atoms. The van der Waals surface area contributed by atoms with Gasteiger partial charge in [-0.05, 0) is 115 Å². The van der Waals surface area contributed by atoms with Crippen molar-refractivity contribution in [3.8, 4) is 5.75 Å². The molecule has 7 aromatic rings. The average Bonchev–Trinajstić information content (AvgIpc) is 1.67. The number of phenolic OH excluding ortho intramolecular Hbond substituents is 1. The summed E-state index contributed by atoms with van der Waals surface area (Å²) in [7, 11) is 0. The lowest BCUT2D eigenvalue weighted by Gasteiger charge is -2.37. The number of carboxylic acid groups (broad SMARTS) is 1. The van der Waals surface area contributed by atoms with Crippen molar-refractivity contribution >= 4 is 116 Å². The van der Waals surface area contributed by atoms with Crippen molar-refractivity contribution in [3.63, 3.8) is 0 Å². The van der Waals surface area contributed by atoms with E-state index in [0.717, 1.165) is 17.2 Å². The number of hydrogen-bond acceptors (Lipinski definition) is 16. The number of nitrogens with zero attached hydrogens (tertiary/aromatic N) is 2. The van der Waals surface area contributed by atoms with E-state index in [9.17, 15) is 53.0 Å². The Hall–Kier alpha value is -10.8. The molecule has 0 saturated carbocycles. The fourth-order valence-electron chi connectivity index (χ4n) is 12.5. The largest absolute Gasteiger partial charge is 0.508 e. The van der Waals surface area contributed by atoms with E-state index in [1.807, 2.05) is 24.3 Å². The number of carbonyl (C=O) groups is 12. The number of nitrogens with two attached hydrogens (primary N) is 1. The predicted molar refractivity (Wildman–Crippen MR) is 386 cm³/mol. The third-order valence-corrected chi connectivity index (χ3v) is 20.3. The number of H-pyrrole nitrogens is 3. The number of imidazole rings is 1. The second-order valence-corrected chi connectivity index (χ2v) is 28.1. The van der Waals surface area contributed by atoms with Crippen molar-refractivity contribution in [2.24, 2.45) is 5.73 Å². The van der Waals surface area contributed by atoms with E-state index in [1.54, 1.807) is 6.92 Å². The number of aromatic amines is 3. The van der Waals surface area contributed by atoms with E-state index in [0.29, 0.717) is 64.1 Å². The number of amides is 11. The van der Waals surface area contributed by atoms with Crippen LogP contribution in [0.15, 0.2) is 110 Å². The number of aromatic nitrogens is 4. The van der Waals surface area contributed by atoms with E-state index in [4.69, 9.17) is 5.73 Å². The predicted octanol–water partition coefficient (Wildman–Crippen LogP) is 2.74. The summed E-state index contributed by atoms with van der Waals surface area (Å²) in [6.45, 7) is 2.73. The molecule has 0 aliphatic carbocycles. The molecule has 2 bridgehead atoms. The molecule has 1 saturated heterocycles. The number of halogens is 2. The third kappa shape index (κ3) is 22.1. The first-order valence-electron chi connectivity index (χ1n) is 34.3. The van der Waals surface area contributed by atoms with Gasteiger partial charge in [-0.15, -0.1) is 0 Å². The maximum Gasteiger partial charge on any atom is 0.305 e. The van der Waals surface area contributed by atoms with Crippen LogP contribution < -0.4 is 53.6 Å². The number of carbonyl (C=O) groups excluding carboxylic acids is 11. The highest BCUT2D eigenvalue weighted by Gasteiger charge is 2.49. The molecule has 9 rings (SSSR count). The minimum Gasteiger partial charge on any atom is -0.508 e. The summed E-state index contributed by atoms with van der Waals surface area (Å²) in [5.74, 6) is -11.1. The number of rotatable bonds is 17. The summed E-state index contributed by atoms with van der Waals surface area (Å²) >= 11 is 2.76. The Balaban J connectivity index is 1.06. The molecule has 5 heterocycles. The molecule has 0 radical (unpaired) electrons. The first kappa shape index (κ1) is 78.3. The van der Waals surface area contributed by atoms with Gasteiger partial charge in [0.05, 0.1) is 19.3 Å². The molecule has 4 aromatic carbocycles. The standard InChI is InChI=1S/C72H85F2N15O14S2/c1-3-60(91)77-21-5-4-10-53-65(97)80-35-62(93)83-54(26-43-32-78-51-17-13-45(73)28-49(43)51)66(98)84-55(27-44-33-79-52-18-14-46(74)29-50(44)52)67(99)86-57(31-63(94)95)69(101)85-56(30-47-34-76-39-81-47)68(100)87-58(25-40-11-15-48(90)16-12-40)70(102)89-22-7-20-72(89,2)71(103)88-59(64(75)96)38-105-37-42-9-6-8-41(24-42)36-104-23-19-61(92)82-53/h6,8-9,11-18,24,28-29,32-34,39,53-59,78-79,90H,3-5,7,10,19-23,25-27,30-31,35-38H2,1-2H3,(H2,75,96)(H,76,81)(H,77,91)(H,80,97)(H,82,92)(H,83,93)(H,84,98)(H,85,101)(H,86,99)(H,87,100)(H,88,103)(H,94,95)/t53-,54-,55-,56-,57-,58-,59+,72-/m0/s1. The Morgan fingerprint density at radius 3 is 1.87 bits per heavy atom. The summed E-state index contributed by atoms with van der Waals surface area (Å²) in [5, 5.41) is 44.9. The molecule has 11 amide bonds. The van der Waals surface area contributed by atoms with Gasteiger partial charge in [0.1, 0.15) is 65.2 Å². The van der Waals surface area contributed by atoms with Gasteiger partial charge in [0, 0.05) is 121 Å². The topological polar surface area (TPSA) is 443 Å². The van der Waals surface area contributed by atoms with Crippen LogP contribution in [0.25, 0.3) is 21.8 Å². The van der Waals surface area contributed by atoms with Crippen molar-refractivity contribution in [1.29, 1.82) is 0 Å². The highest BCUT2D eigenvalue weighted by atomic mass is 32.2. The number of nitrogens with one attached hydrogen (secondary N) is 12. The minimum absolute atomic E-state index is 0.00862. The van der Waals surface area contributed by atoms with Gasteiger partial charge in [-0.3, -0.25) is 57.5 Å². The van der Waals surface area contributed by atoms with Crippen LogP contribution >= 0.6 is 23.5 Å². The van der Waals surface area contributed by atoms with E-state index in [-0.39, 0.29) is 85.7 Å². The van der Waals surface area contributed by atoms with Crippen LogP contribution in [0, 0.1) is 11.6 Å². The van der Waals surface area contributed by atoms with Crippen LogP contribution in [0.4, 0.5) is 8.78 Å². The molecule has 8 atom stereocenters. The summed E-state index contributed by atoms with van der Waals surface area (Å²) in [5.41, 5.74) is 8.11. The van der Waals surface area contributed by atoms with Gasteiger partial charge in [0.25, 0.3) is 0 Å². The van der Waals surface area contributed by atoms with Crippen molar-refractivity contribution in [2.75, 3.05) is 31.1 Å². The highest BCUT2D eigenvalue weighted by molar-refractivity contribution is 7.98. The minimum atomic E-state index is -2.06. The first-order valence-corrected chi connectivity index (χ1v) is 36.6. The zero-order chi connectivity index (χ0) is 75.3. The molecule has 558 valence electrons. The molecular formula is C72H85F2N15O14S2. The van der Waals surface area contributed by atoms with Crippen molar-refractivity contribution < 1.29 is 76.5 Å². The van der Waals surface area contributed by atoms with Gasteiger partial charge >= 0.3 is 5.97 Å². The van der Waals surface area contributed by atoms with Gasteiger partial charge < -0.3 is 83.6 Å². The molecule has 2 aliphatic rings. The second kappa shape index (κ2) is 37.0. The number of aromatic hydroxyl groups is 1. The fraction of sp³-hybridized carbons (Fsp3) is 0.403. The molecule has 3 aromatic heterocycles. The number of thioether (sulfide) groups is 2. The van der Waals surface area contributed by atoms with Gasteiger partial charge in [0.2, 0.25) is 65.0 Å². The average molecular weight is 1490 g/mol. The third-order valence-electron chi connectivity index (χ3n) is 18.2. The van der Waals surface area contributed by atoms with E-state index in [2.05, 4.69) is 67.8 Å². The maximum atomic E-state index is 15.2. The van der Waals surface area contributed by atoms with Crippen LogP contribution in [0.3, 0.4) is 0 Å². The number of carboxylic acids is 1. The molecule has 0 unspecified atom stereocenters. The smallest absolute Gasteiger partial charge is 0.305 e. The van der Waals surface area contributed by atoms with E-state index >= 15 is 23.6 Å². The van der Waals surface area contributed by atoms with Gasteiger partial charge in [0.15, 0.2) is 0 Å². The quantitative estimate of drug-likeness (QED) is 0.0583. The van der Waals surface area contributed by atoms with Crippen molar-refractivity contribution in [3.05, 3.63) is 155 Å². The van der Waals surface area contributed by atoms with Crippen LogP contribution in [0.5, 0.6) is 5.75 Å². The second-order valence-electron chi connectivity index (χ2n) is 26.0. The van der Waals surface area contributed by atoms with Gasteiger partial charge in [-0.25, -0.2) is 13.8 Å². The number of hydrogen-bond donors (Lipinski definition) is 15. The van der Waals surface area contributed by atoms with Crippen LogP contribution in [-0.2, 0) is 94.7 Å². The SMILES string of the molecule is CCC(=O)NCCCC[C@@H]1NC(=O)CCSCc2cccc(c2)CSC[C@H](C(N)=O)NC(=O)[C@]2(C)CCCN2C(=O)[C@H](Cc2ccc(O)cc2)NC(=O)[C@H](Cc2cnc[nH]2)NC(=O)[C@H](CC(=O)O)NC(=O)[C@H](Cc2c[nH]c3ccc(F)cc23)NC(=O)[C@H](Cc2c[nH]c3ccc(F)cc23)NC(=O)CNC1=O. The summed E-state index contributed by atoms with van der Waals surface area (Å²) in [6, 6.07) is 9.75. The Morgan fingerprint density at radius 1 is 0.667 bits per heavy atom. The Morgan fingerprint density at radius 2 is 1.26 bits per heavy atom. The Bertz CT molecular complexity index is 4310. The zero-order valence-electron chi connectivity index (χ0n) is 57.7. The number of aliphatic carboxylic acids is 1. The van der Waals surface area contributed by atoms with Crippen molar-refractivity contribution in [2.45, 2.75) is 150 Å². The molecule has 2 aliphatic heterocycles. The Labute approximate surface area is 610 Å². The van der Waals surface area contributed by atoms with Gasteiger partial charge in [-0.1, -0.05) is 43.3 Å². The van der Waals surface area contributed by atoms with E-state index < -0.39 is 150 Å². The summed E-state index contributed by atoms with van der Waals surface area (Å²) < 4.78 is 29.9.